The summed E-state index contributed by atoms with van der Waals surface area (Å²) in [6, 6.07) is 12.9. The van der Waals surface area contributed by atoms with Crippen molar-refractivity contribution in [3.63, 3.8) is 0 Å². The number of aryl methyl sites for hydroxylation is 1. The van der Waals surface area contributed by atoms with Crippen LogP contribution in [0.1, 0.15) is 28.3 Å². The number of aromatic nitrogens is 2. The van der Waals surface area contributed by atoms with Gasteiger partial charge in [0, 0.05) is 31.8 Å². The van der Waals surface area contributed by atoms with Crippen LogP contribution in [0.3, 0.4) is 0 Å². The first-order valence-corrected chi connectivity index (χ1v) is 8.41. The molecule has 1 N–H and O–H groups in total. The molecule has 4 nitrogen and oxygen atoms in total. The highest BCUT2D eigenvalue weighted by Crippen LogP contribution is 2.27. The van der Waals surface area contributed by atoms with Crippen LogP contribution in [0.4, 0.5) is 4.39 Å². The predicted molar refractivity (Wildman–Crippen MR) is 93.9 cm³/mol. The molecule has 0 aliphatic carbocycles. The molecular formula is C20H20FN3O. The van der Waals surface area contributed by atoms with Crippen molar-refractivity contribution >= 4 is 0 Å². The Kier molecular flexibility index (Phi) is 4.24. The maximum atomic E-state index is 13.3. The lowest BCUT2D eigenvalue weighted by molar-refractivity contribution is 0.357. The SMILES string of the molecule is Cn1cc(C(NCc2ccc3c(c2)CCO3)c2ccc(F)cc2)cn1. The second-order valence-electron chi connectivity index (χ2n) is 6.35. The molecule has 1 atom stereocenters. The molecule has 0 spiro atoms. The summed E-state index contributed by atoms with van der Waals surface area (Å²) in [7, 11) is 1.89. The number of rotatable bonds is 5. The Bertz CT molecular complexity index is 873. The van der Waals surface area contributed by atoms with Crippen molar-refractivity contribution in [2.24, 2.45) is 7.05 Å². The molecule has 1 aliphatic heterocycles. The van der Waals surface area contributed by atoms with Gasteiger partial charge in [-0.2, -0.15) is 5.10 Å². The number of fused-ring (bicyclic) bond motifs is 1. The lowest BCUT2D eigenvalue weighted by atomic mass is 10.0. The van der Waals surface area contributed by atoms with E-state index in [9.17, 15) is 4.39 Å². The number of nitrogens with zero attached hydrogens (tertiary/aromatic N) is 2. The number of benzene rings is 2. The molecular weight excluding hydrogens is 317 g/mol. The summed E-state index contributed by atoms with van der Waals surface area (Å²) < 4.78 is 20.6. The summed E-state index contributed by atoms with van der Waals surface area (Å²) in [5.41, 5.74) is 4.54. The van der Waals surface area contributed by atoms with Gasteiger partial charge in [0.2, 0.25) is 0 Å². The van der Waals surface area contributed by atoms with Crippen LogP contribution in [-0.4, -0.2) is 16.4 Å². The van der Waals surface area contributed by atoms with Crippen LogP contribution in [0.5, 0.6) is 5.75 Å². The van der Waals surface area contributed by atoms with Gasteiger partial charge in [0.15, 0.2) is 0 Å². The van der Waals surface area contributed by atoms with Crippen LogP contribution >= 0.6 is 0 Å². The Morgan fingerprint density at radius 1 is 1.20 bits per heavy atom. The molecule has 1 unspecified atom stereocenters. The van der Waals surface area contributed by atoms with Gasteiger partial charge in [0.25, 0.3) is 0 Å². The third-order valence-corrected chi connectivity index (χ3v) is 4.53. The monoisotopic (exact) mass is 337 g/mol. The van der Waals surface area contributed by atoms with Gasteiger partial charge in [0.1, 0.15) is 11.6 Å². The van der Waals surface area contributed by atoms with Crippen molar-refractivity contribution in [3.05, 3.63) is 82.9 Å². The molecule has 0 amide bonds. The highest BCUT2D eigenvalue weighted by Gasteiger charge is 2.17. The molecule has 1 aliphatic rings. The van der Waals surface area contributed by atoms with E-state index in [-0.39, 0.29) is 11.9 Å². The fourth-order valence-electron chi connectivity index (χ4n) is 3.24. The first kappa shape index (κ1) is 15.8. The molecule has 0 fully saturated rings. The Morgan fingerprint density at radius 2 is 2.04 bits per heavy atom. The van der Waals surface area contributed by atoms with Gasteiger partial charge >= 0.3 is 0 Å². The van der Waals surface area contributed by atoms with E-state index >= 15 is 0 Å². The Morgan fingerprint density at radius 3 is 2.80 bits per heavy atom. The minimum absolute atomic E-state index is 0.0428. The number of hydrogen-bond donors (Lipinski definition) is 1. The Hall–Kier alpha value is -2.66. The van der Waals surface area contributed by atoms with E-state index in [4.69, 9.17) is 4.74 Å². The van der Waals surface area contributed by atoms with Gasteiger partial charge in [0.05, 0.1) is 18.8 Å². The van der Waals surface area contributed by atoms with Crippen molar-refractivity contribution in [1.82, 2.24) is 15.1 Å². The first-order chi connectivity index (χ1) is 12.2. The van der Waals surface area contributed by atoms with E-state index in [1.807, 2.05) is 37.6 Å². The summed E-state index contributed by atoms with van der Waals surface area (Å²) in [6.45, 7) is 1.48. The number of hydrogen-bond acceptors (Lipinski definition) is 3. The standard InChI is InChI=1S/C20H20FN3O/c1-24-13-17(12-23-24)20(15-3-5-18(21)6-4-15)22-11-14-2-7-19-16(10-14)8-9-25-19/h2-7,10,12-13,20,22H,8-9,11H2,1H3. The van der Waals surface area contributed by atoms with Crippen LogP contribution in [0.25, 0.3) is 0 Å². The van der Waals surface area contributed by atoms with E-state index in [0.29, 0.717) is 6.54 Å². The topological polar surface area (TPSA) is 39.1 Å². The van der Waals surface area contributed by atoms with Crippen LogP contribution in [0.2, 0.25) is 0 Å². The van der Waals surface area contributed by atoms with E-state index in [0.717, 1.165) is 29.9 Å². The van der Waals surface area contributed by atoms with Gasteiger partial charge in [-0.3, -0.25) is 4.68 Å². The Labute approximate surface area is 146 Å². The van der Waals surface area contributed by atoms with Gasteiger partial charge in [-0.05, 0) is 34.9 Å². The molecule has 2 aromatic carbocycles. The third kappa shape index (κ3) is 3.42. The van der Waals surface area contributed by atoms with Crippen molar-refractivity contribution in [1.29, 1.82) is 0 Å². The second kappa shape index (κ2) is 6.69. The van der Waals surface area contributed by atoms with Crippen LogP contribution in [-0.2, 0) is 20.0 Å². The molecule has 4 rings (SSSR count). The minimum atomic E-state index is -0.229. The lowest BCUT2D eigenvalue weighted by Gasteiger charge is -2.18. The van der Waals surface area contributed by atoms with Gasteiger partial charge in [-0.1, -0.05) is 24.3 Å². The minimum Gasteiger partial charge on any atom is -0.493 e. The zero-order valence-electron chi connectivity index (χ0n) is 14.1. The smallest absolute Gasteiger partial charge is 0.123 e. The van der Waals surface area contributed by atoms with Gasteiger partial charge in [-0.15, -0.1) is 0 Å². The van der Waals surface area contributed by atoms with Crippen molar-refractivity contribution < 1.29 is 9.13 Å². The number of ether oxygens (including phenoxy) is 1. The highest BCUT2D eigenvalue weighted by molar-refractivity contribution is 5.40. The Balaban J connectivity index is 1.57. The van der Waals surface area contributed by atoms with E-state index in [1.165, 1.54) is 23.3 Å². The molecule has 5 heteroatoms. The molecule has 25 heavy (non-hydrogen) atoms. The highest BCUT2D eigenvalue weighted by atomic mass is 19.1. The summed E-state index contributed by atoms with van der Waals surface area (Å²) in [6.07, 6.45) is 4.79. The summed E-state index contributed by atoms with van der Waals surface area (Å²) in [5.74, 6) is 0.762. The summed E-state index contributed by atoms with van der Waals surface area (Å²) in [4.78, 5) is 0. The van der Waals surface area contributed by atoms with E-state index < -0.39 is 0 Å². The van der Waals surface area contributed by atoms with Crippen LogP contribution in [0.15, 0.2) is 54.9 Å². The normalized spacial score (nSPS) is 14.2. The third-order valence-electron chi connectivity index (χ3n) is 4.53. The maximum Gasteiger partial charge on any atom is 0.123 e. The summed E-state index contributed by atoms with van der Waals surface area (Å²) >= 11 is 0. The molecule has 2 heterocycles. The zero-order valence-corrected chi connectivity index (χ0v) is 14.1. The van der Waals surface area contributed by atoms with Crippen molar-refractivity contribution in [2.45, 2.75) is 19.0 Å². The molecule has 128 valence electrons. The number of halogens is 1. The quantitative estimate of drug-likeness (QED) is 0.776. The average Bonchev–Trinajstić information content (AvgIpc) is 3.25. The van der Waals surface area contributed by atoms with Gasteiger partial charge in [-0.25, -0.2) is 4.39 Å². The fourth-order valence-corrected chi connectivity index (χ4v) is 3.24. The van der Waals surface area contributed by atoms with Crippen LogP contribution < -0.4 is 10.1 Å². The van der Waals surface area contributed by atoms with Crippen molar-refractivity contribution in [2.75, 3.05) is 6.61 Å². The molecule has 0 saturated heterocycles. The summed E-state index contributed by atoms with van der Waals surface area (Å²) in [5, 5.41) is 7.84. The zero-order chi connectivity index (χ0) is 17.2. The van der Waals surface area contributed by atoms with E-state index in [1.54, 1.807) is 4.68 Å². The number of nitrogens with one attached hydrogen (secondary N) is 1. The van der Waals surface area contributed by atoms with Crippen molar-refractivity contribution in [3.8, 4) is 5.75 Å². The molecule has 0 bridgehead atoms. The average molecular weight is 337 g/mol. The molecule has 3 aromatic rings. The largest absolute Gasteiger partial charge is 0.493 e. The first-order valence-electron chi connectivity index (χ1n) is 8.41. The maximum absolute atomic E-state index is 13.3. The van der Waals surface area contributed by atoms with E-state index in [2.05, 4.69) is 22.5 Å². The second-order valence-corrected chi connectivity index (χ2v) is 6.35. The van der Waals surface area contributed by atoms with Gasteiger partial charge < -0.3 is 10.1 Å². The molecule has 0 radical (unpaired) electrons. The molecule has 0 saturated carbocycles. The molecule has 1 aromatic heterocycles. The predicted octanol–water partition coefficient (Wildman–Crippen LogP) is 3.37. The van der Waals surface area contributed by atoms with Crippen LogP contribution in [0, 0.1) is 5.82 Å². The fraction of sp³-hybridized carbons (Fsp3) is 0.250. The lowest BCUT2D eigenvalue weighted by Crippen LogP contribution is -2.21.